The number of rotatable bonds is 4. The zero-order valence-electron chi connectivity index (χ0n) is 26.2. The number of fused-ring (bicyclic) bond motifs is 8. The molecule has 0 amide bonds. The van der Waals surface area contributed by atoms with E-state index in [0.29, 0.717) is 0 Å². The van der Waals surface area contributed by atoms with Crippen molar-refractivity contribution in [3.05, 3.63) is 169 Å². The van der Waals surface area contributed by atoms with Crippen molar-refractivity contribution in [3.8, 4) is 0 Å². The molecule has 7 aromatic heterocycles. The third kappa shape index (κ3) is 6.36. The SMILES string of the molecule is C1=Cc2cc3ccc(cc4nc(cc5ccc(cc1n2)[nH]5)C=C4)[nH]3.c1cc[c]([Fe]([c]2ccccn2)([c]2ccccn2)[c]2ccccn2)nc1. The number of aromatic amines is 2. The summed E-state index contributed by atoms with van der Waals surface area (Å²) in [5.74, 6) is 0. The molecule has 0 unspecified atom stereocenters. The number of aromatic nitrogens is 8. The molecule has 0 atom stereocenters. The van der Waals surface area contributed by atoms with Crippen molar-refractivity contribution in [1.29, 1.82) is 0 Å². The van der Waals surface area contributed by atoms with Crippen LogP contribution in [0.25, 0.3) is 46.4 Å². The van der Waals surface area contributed by atoms with Gasteiger partial charge in [0.1, 0.15) is 0 Å². The molecule has 0 aliphatic carbocycles. The summed E-state index contributed by atoms with van der Waals surface area (Å²) in [7, 11) is 0. The van der Waals surface area contributed by atoms with Gasteiger partial charge in [0.25, 0.3) is 0 Å². The minimum absolute atomic E-state index is 0.939. The van der Waals surface area contributed by atoms with Crippen molar-refractivity contribution in [2.75, 3.05) is 0 Å². The topological polar surface area (TPSA) is 109 Å². The Morgan fingerprint density at radius 3 is 0.878 bits per heavy atom. The van der Waals surface area contributed by atoms with Crippen molar-refractivity contribution in [3.63, 3.8) is 0 Å². The number of pyridine rings is 4. The van der Waals surface area contributed by atoms with Crippen molar-refractivity contribution in [2.45, 2.75) is 0 Å². The molecule has 9 heterocycles. The van der Waals surface area contributed by atoms with Gasteiger partial charge >= 0.3 is 149 Å². The zero-order chi connectivity index (χ0) is 32.9. The third-order valence-corrected chi connectivity index (χ3v) is 12.3. The molecule has 0 aromatic carbocycles. The van der Waals surface area contributed by atoms with Crippen LogP contribution in [0.4, 0.5) is 0 Å². The summed E-state index contributed by atoms with van der Waals surface area (Å²) in [5, 5.41) is 0. The van der Waals surface area contributed by atoms with E-state index in [1.807, 2.05) is 122 Å². The Hall–Kier alpha value is -6.28. The number of nitrogens with zero attached hydrogens (tertiary/aromatic N) is 6. The molecule has 8 nitrogen and oxygen atoms in total. The van der Waals surface area contributed by atoms with Crippen LogP contribution in [0.15, 0.2) is 146 Å². The van der Waals surface area contributed by atoms with E-state index in [-0.39, 0.29) is 0 Å². The summed E-state index contributed by atoms with van der Waals surface area (Å²) in [4.78, 5) is 34.9. The van der Waals surface area contributed by atoms with E-state index in [0.717, 1.165) is 63.2 Å². The van der Waals surface area contributed by atoms with E-state index in [1.165, 1.54) is 0 Å². The zero-order valence-corrected chi connectivity index (χ0v) is 27.3. The molecular weight excluding hydrogens is 648 g/mol. The standard InChI is InChI=1S/C20H14N4.4C5H4N.Fe/c1-2-14-10-16-5-6-18(23-16)12-20-8-7-19(24-20)11-17-4-3-15(22-17)9-13(1)21-14;4*1-2-4-6-5-3-1;/h1-12,21,24H;4*1-4H;. The fourth-order valence-corrected chi connectivity index (χ4v) is 9.93. The van der Waals surface area contributed by atoms with Crippen LogP contribution in [0, 0.1) is 0 Å². The van der Waals surface area contributed by atoms with Gasteiger partial charge in [0.2, 0.25) is 0 Å². The average molecular weight is 679 g/mol. The summed E-state index contributed by atoms with van der Waals surface area (Å²) in [6, 6.07) is 40.3. The molecule has 2 aliphatic rings. The first-order chi connectivity index (χ1) is 24.2. The van der Waals surface area contributed by atoms with Crippen molar-refractivity contribution in [2.24, 2.45) is 0 Å². The quantitative estimate of drug-likeness (QED) is 0.232. The molecule has 0 saturated heterocycles. The van der Waals surface area contributed by atoms with Gasteiger partial charge in [0, 0.05) is 22.1 Å². The predicted octanol–water partition coefficient (Wildman–Crippen LogP) is 5.68. The first-order valence-electron chi connectivity index (χ1n) is 15.6. The van der Waals surface area contributed by atoms with Gasteiger partial charge in [-0.1, -0.05) is 0 Å². The Balaban J connectivity index is 0.000000142. The van der Waals surface area contributed by atoms with Crippen LogP contribution in [0.3, 0.4) is 0 Å². The molecule has 238 valence electrons. The number of H-pyrrole nitrogens is 2. The Labute approximate surface area is 285 Å². The van der Waals surface area contributed by atoms with Gasteiger partial charge in [-0.3, -0.25) is 0 Å². The average Bonchev–Trinajstić information content (AvgIpc) is 3.98. The summed E-state index contributed by atoms with van der Waals surface area (Å²) >= 11 is -2.55. The normalized spacial score (nSPS) is 12.2. The molecule has 9 rings (SSSR count). The Kier molecular flexibility index (Phi) is 8.26. The third-order valence-electron chi connectivity index (χ3n) is 7.61. The van der Waals surface area contributed by atoms with Crippen molar-refractivity contribution < 1.29 is 12.8 Å². The summed E-state index contributed by atoms with van der Waals surface area (Å²) < 4.78 is 3.86. The second-order valence-corrected chi connectivity index (χ2v) is 14.9. The van der Waals surface area contributed by atoms with Crippen LogP contribution in [-0.4, -0.2) is 39.9 Å². The number of nitrogens with one attached hydrogen (secondary N) is 2. The molecule has 0 saturated carbocycles. The van der Waals surface area contributed by atoms with Crippen LogP contribution in [0.2, 0.25) is 0 Å². The van der Waals surface area contributed by atoms with Gasteiger partial charge in [-0.2, -0.15) is 0 Å². The molecule has 49 heavy (non-hydrogen) atoms. The van der Waals surface area contributed by atoms with Gasteiger partial charge in [0.05, 0.1) is 22.8 Å². The van der Waals surface area contributed by atoms with Gasteiger partial charge in [-0.25, -0.2) is 9.97 Å². The molecule has 2 N–H and O–H groups in total. The molecule has 0 fully saturated rings. The first kappa shape index (κ1) is 30.1. The molecule has 7 aromatic rings. The van der Waals surface area contributed by atoms with Crippen LogP contribution in [0.1, 0.15) is 22.8 Å². The fourth-order valence-electron chi connectivity index (χ4n) is 5.48. The molecule has 0 spiro atoms. The molecular formula is C40H30FeN8. The van der Waals surface area contributed by atoms with E-state index in [4.69, 9.17) is 19.9 Å². The Morgan fingerprint density at radius 1 is 0.347 bits per heavy atom. The maximum absolute atomic E-state index is 4.72. The molecule has 0 radical (unpaired) electrons. The van der Waals surface area contributed by atoms with Crippen molar-refractivity contribution >= 4 is 64.7 Å². The first-order valence-corrected chi connectivity index (χ1v) is 17.8. The molecule has 8 bridgehead atoms. The fraction of sp³-hybridized carbons (Fsp3) is 0. The van der Waals surface area contributed by atoms with E-state index >= 15 is 0 Å². The van der Waals surface area contributed by atoms with Crippen LogP contribution >= 0.6 is 0 Å². The van der Waals surface area contributed by atoms with E-state index in [2.05, 4.69) is 68.5 Å². The van der Waals surface area contributed by atoms with Crippen LogP contribution in [0.5, 0.6) is 0 Å². The van der Waals surface area contributed by atoms with Gasteiger partial charge in [-0.05, 0) is 72.8 Å². The monoisotopic (exact) mass is 678 g/mol. The van der Waals surface area contributed by atoms with E-state index in [1.54, 1.807) is 0 Å². The summed E-state index contributed by atoms with van der Waals surface area (Å²) in [6.07, 6.45) is 15.4. The summed E-state index contributed by atoms with van der Waals surface area (Å²) in [6.45, 7) is 0. The maximum atomic E-state index is 4.72. The molecule has 9 heteroatoms. The summed E-state index contributed by atoms with van der Waals surface area (Å²) in [5.41, 5.74) is 7.86. The number of hydrogen-bond donors (Lipinski definition) is 2. The number of hydrogen-bond acceptors (Lipinski definition) is 6. The second-order valence-electron chi connectivity index (χ2n) is 11.0. The van der Waals surface area contributed by atoms with E-state index in [9.17, 15) is 0 Å². The minimum atomic E-state index is -2.55. The van der Waals surface area contributed by atoms with Crippen LogP contribution < -0.4 is 18.4 Å². The van der Waals surface area contributed by atoms with E-state index < -0.39 is 12.8 Å². The molecule has 2 aliphatic heterocycles. The van der Waals surface area contributed by atoms with Gasteiger partial charge in [-0.15, -0.1) is 0 Å². The van der Waals surface area contributed by atoms with Gasteiger partial charge in [0.15, 0.2) is 0 Å². The Bertz CT molecular complexity index is 2100. The van der Waals surface area contributed by atoms with Gasteiger partial charge < -0.3 is 9.97 Å². The van der Waals surface area contributed by atoms with Crippen molar-refractivity contribution in [1.82, 2.24) is 39.9 Å². The second kappa shape index (κ2) is 13.4. The Morgan fingerprint density at radius 2 is 0.633 bits per heavy atom. The predicted molar refractivity (Wildman–Crippen MR) is 194 cm³/mol. The van der Waals surface area contributed by atoms with Crippen LogP contribution in [-0.2, 0) is 12.8 Å².